The molecule has 98 valence electrons. The van der Waals surface area contributed by atoms with E-state index in [0.29, 0.717) is 19.3 Å². The van der Waals surface area contributed by atoms with Crippen LogP contribution < -0.4 is 11.1 Å². The molecule has 0 aromatic carbocycles. The lowest BCUT2D eigenvalue weighted by Gasteiger charge is -2.50. The van der Waals surface area contributed by atoms with Gasteiger partial charge in [0, 0.05) is 11.0 Å². The maximum Gasteiger partial charge on any atom is 0.405 e. The molecule has 3 nitrogen and oxygen atoms in total. The molecule has 3 aliphatic rings. The Morgan fingerprint density at radius 2 is 1.59 bits per heavy atom. The highest BCUT2D eigenvalue weighted by Gasteiger charge is 2.51. The second-order valence-electron chi connectivity index (χ2n) is 5.44. The van der Waals surface area contributed by atoms with Gasteiger partial charge in [0.25, 0.3) is 0 Å². The van der Waals surface area contributed by atoms with Crippen LogP contribution in [0.25, 0.3) is 0 Å². The van der Waals surface area contributed by atoms with Crippen molar-refractivity contribution in [3.8, 4) is 0 Å². The minimum Gasteiger partial charge on any atom is -0.347 e. The Kier molecular flexibility index (Phi) is 2.88. The van der Waals surface area contributed by atoms with E-state index in [1.54, 1.807) is 0 Å². The van der Waals surface area contributed by atoms with Crippen LogP contribution in [0.1, 0.15) is 38.5 Å². The fourth-order valence-corrected chi connectivity index (χ4v) is 2.92. The molecule has 0 atom stereocenters. The van der Waals surface area contributed by atoms with Crippen LogP contribution in [0.15, 0.2) is 0 Å². The fraction of sp³-hybridized carbons (Fsp3) is 0.909. The molecule has 3 fully saturated rings. The number of hydrogen-bond donors (Lipinski definition) is 2. The van der Waals surface area contributed by atoms with Crippen molar-refractivity contribution in [2.75, 3.05) is 6.54 Å². The lowest BCUT2D eigenvalue weighted by atomic mass is 9.57. The Balaban J connectivity index is 1.96. The third kappa shape index (κ3) is 2.56. The number of alkyl halides is 3. The molecule has 3 aliphatic carbocycles. The molecule has 3 N–H and O–H groups in total. The first kappa shape index (κ1) is 12.7. The number of fused-ring (bicyclic) bond motifs is 3. The van der Waals surface area contributed by atoms with Gasteiger partial charge in [-0.15, -0.1) is 0 Å². The van der Waals surface area contributed by atoms with Gasteiger partial charge in [-0.2, -0.15) is 13.2 Å². The monoisotopic (exact) mass is 250 g/mol. The van der Waals surface area contributed by atoms with Crippen molar-refractivity contribution in [3.05, 3.63) is 0 Å². The molecule has 0 aliphatic heterocycles. The SMILES string of the molecule is NC12CCC(C(=O)NCC(F)(F)F)(CC1)CC2. The molecule has 6 heteroatoms. The Labute approximate surface area is 97.9 Å². The lowest BCUT2D eigenvalue weighted by molar-refractivity contribution is -0.149. The maximum absolute atomic E-state index is 12.0. The number of amides is 1. The van der Waals surface area contributed by atoms with Crippen LogP contribution in [0.3, 0.4) is 0 Å². The van der Waals surface area contributed by atoms with Gasteiger partial charge in [-0.1, -0.05) is 0 Å². The van der Waals surface area contributed by atoms with Crippen LogP contribution in [-0.4, -0.2) is 24.2 Å². The largest absolute Gasteiger partial charge is 0.405 e. The summed E-state index contributed by atoms with van der Waals surface area (Å²) in [5.41, 5.74) is 5.32. The Morgan fingerprint density at radius 1 is 1.12 bits per heavy atom. The average Bonchev–Trinajstić information content (AvgIpc) is 2.26. The van der Waals surface area contributed by atoms with Crippen molar-refractivity contribution in [1.29, 1.82) is 0 Å². The van der Waals surface area contributed by atoms with Crippen molar-refractivity contribution in [1.82, 2.24) is 5.32 Å². The number of hydrogen-bond acceptors (Lipinski definition) is 2. The molecular formula is C11H17F3N2O. The van der Waals surface area contributed by atoms with E-state index in [1.807, 2.05) is 5.32 Å². The van der Waals surface area contributed by atoms with E-state index in [2.05, 4.69) is 0 Å². The summed E-state index contributed by atoms with van der Waals surface area (Å²) in [6.07, 6.45) is -0.258. The highest BCUT2D eigenvalue weighted by molar-refractivity contribution is 5.83. The van der Waals surface area contributed by atoms with Gasteiger partial charge in [-0.05, 0) is 38.5 Å². The third-order valence-electron chi connectivity index (χ3n) is 4.24. The quantitative estimate of drug-likeness (QED) is 0.784. The molecule has 0 aromatic rings. The van der Waals surface area contributed by atoms with E-state index < -0.39 is 24.0 Å². The predicted octanol–water partition coefficient (Wildman–Crippen LogP) is 1.72. The van der Waals surface area contributed by atoms with Crippen molar-refractivity contribution in [2.45, 2.75) is 50.2 Å². The van der Waals surface area contributed by atoms with Crippen molar-refractivity contribution in [2.24, 2.45) is 11.1 Å². The fourth-order valence-electron chi connectivity index (χ4n) is 2.92. The summed E-state index contributed by atoms with van der Waals surface area (Å²) in [5, 5.41) is 2.02. The molecular weight excluding hydrogens is 233 g/mol. The van der Waals surface area contributed by atoms with Crippen LogP contribution in [0.4, 0.5) is 13.2 Å². The first-order chi connectivity index (χ1) is 7.75. The van der Waals surface area contributed by atoms with Gasteiger partial charge in [0.15, 0.2) is 0 Å². The van der Waals surface area contributed by atoms with E-state index in [0.717, 1.165) is 19.3 Å². The average molecular weight is 250 g/mol. The smallest absolute Gasteiger partial charge is 0.347 e. The molecule has 0 unspecified atom stereocenters. The minimum atomic E-state index is -4.34. The highest BCUT2D eigenvalue weighted by Crippen LogP contribution is 2.51. The zero-order valence-electron chi connectivity index (χ0n) is 9.57. The standard InChI is InChI=1S/C11H17F3N2O/c12-11(13,14)7-16-8(17)9-1-4-10(15,5-2-9)6-3-9/h1-7,15H2,(H,16,17). The maximum atomic E-state index is 12.0. The van der Waals surface area contributed by atoms with Crippen LogP contribution in [0.2, 0.25) is 0 Å². The first-order valence-electron chi connectivity index (χ1n) is 5.89. The summed E-state index contributed by atoms with van der Waals surface area (Å²) in [7, 11) is 0. The van der Waals surface area contributed by atoms with Gasteiger partial charge in [0.1, 0.15) is 6.54 Å². The van der Waals surface area contributed by atoms with Crippen LogP contribution in [0, 0.1) is 5.41 Å². The highest BCUT2D eigenvalue weighted by atomic mass is 19.4. The van der Waals surface area contributed by atoms with E-state index in [-0.39, 0.29) is 5.54 Å². The van der Waals surface area contributed by atoms with E-state index >= 15 is 0 Å². The van der Waals surface area contributed by atoms with Crippen molar-refractivity contribution in [3.63, 3.8) is 0 Å². The molecule has 0 heterocycles. The number of nitrogens with one attached hydrogen (secondary N) is 1. The number of rotatable bonds is 2. The summed E-state index contributed by atoms with van der Waals surface area (Å²) in [5.74, 6) is -0.448. The van der Waals surface area contributed by atoms with Gasteiger partial charge >= 0.3 is 6.18 Å². The summed E-state index contributed by atoms with van der Waals surface area (Å²) in [6.45, 7) is -1.23. The summed E-state index contributed by atoms with van der Waals surface area (Å²) >= 11 is 0. The van der Waals surface area contributed by atoms with Crippen LogP contribution in [-0.2, 0) is 4.79 Å². The summed E-state index contributed by atoms with van der Waals surface area (Å²) in [4.78, 5) is 11.9. The molecule has 17 heavy (non-hydrogen) atoms. The van der Waals surface area contributed by atoms with Crippen LogP contribution in [0.5, 0.6) is 0 Å². The zero-order chi connectivity index (χ0) is 12.7. The normalized spacial score (nSPS) is 36.9. The van der Waals surface area contributed by atoms with Gasteiger partial charge in [0.05, 0.1) is 0 Å². The molecule has 0 aromatic heterocycles. The molecule has 3 saturated carbocycles. The molecule has 2 bridgehead atoms. The van der Waals surface area contributed by atoms with E-state index in [1.165, 1.54) is 0 Å². The summed E-state index contributed by atoms with van der Waals surface area (Å²) in [6, 6.07) is 0. The molecule has 0 spiro atoms. The van der Waals surface area contributed by atoms with Crippen molar-refractivity contribution >= 4 is 5.91 Å². The number of carbonyl (C=O) groups excluding carboxylic acids is 1. The first-order valence-corrected chi connectivity index (χ1v) is 5.89. The third-order valence-corrected chi connectivity index (χ3v) is 4.24. The van der Waals surface area contributed by atoms with Gasteiger partial charge in [0.2, 0.25) is 5.91 Å². The summed E-state index contributed by atoms with van der Waals surface area (Å²) < 4.78 is 36.1. The topological polar surface area (TPSA) is 55.1 Å². The number of carbonyl (C=O) groups is 1. The number of halogens is 3. The van der Waals surface area contributed by atoms with Crippen molar-refractivity contribution < 1.29 is 18.0 Å². The predicted molar refractivity (Wildman–Crippen MR) is 56.1 cm³/mol. The minimum absolute atomic E-state index is 0.175. The van der Waals surface area contributed by atoms with Gasteiger partial charge in [-0.3, -0.25) is 4.79 Å². The van der Waals surface area contributed by atoms with E-state index in [4.69, 9.17) is 5.73 Å². The molecule has 0 saturated heterocycles. The molecule has 1 amide bonds. The van der Waals surface area contributed by atoms with Crippen LogP contribution >= 0.6 is 0 Å². The Morgan fingerprint density at radius 3 is 2.00 bits per heavy atom. The molecule has 3 rings (SSSR count). The van der Waals surface area contributed by atoms with E-state index in [9.17, 15) is 18.0 Å². The Bertz CT molecular complexity index is 303. The second-order valence-corrected chi connectivity index (χ2v) is 5.44. The lowest BCUT2D eigenvalue weighted by Crippen LogP contribution is -2.57. The molecule has 0 radical (unpaired) electrons. The Hall–Kier alpha value is -0.780. The van der Waals surface area contributed by atoms with Gasteiger partial charge in [-0.25, -0.2) is 0 Å². The second kappa shape index (κ2) is 3.86. The van der Waals surface area contributed by atoms with Gasteiger partial charge < -0.3 is 11.1 Å². The number of nitrogens with two attached hydrogens (primary N) is 1. The zero-order valence-corrected chi connectivity index (χ0v) is 9.57.